The zero-order chi connectivity index (χ0) is 15.6. The first-order valence-electron chi connectivity index (χ1n) is 8.16. The Morgan fingerprint density at radius 3 is 2.09 bits per heavy atom. The van der Waals surface area contributed by atoms with Crippen molar-refractivity contribution in [2.24, 2.45) is 0 Å². The quantitative estimate of drug-likeness (QED) is 0.700. The maximum atomic E-state index is 11.0. The number of aromatic amines is 1. The number of carbonyl (C=O) groups is 1. The smallest absolute Gasteiger partial charge is 0.166 e. The first-order valence-corrected chi connectivity index (χ1v) is 8.16. The lowest BCUT2D eigenvalue weighted by atomic mass is 9.92. The van der Waals surface area contributed by atoms with Gasteiger partial charge in [0, 0.05) is 11.3 Å². The van der Waals surface area contributed by atoms with Gasteiger partial charge < -0.3 is 4.98 Å². The van der Waals surface area contributed by atoms with E-state index in [4.69, 9.17) is 0 Å². The van der Waals surface area contributed by atoms with Crippen LogP contribution in [-0.4, -0.2) is 11.3 Å². The number of rotatable bonds is 2. The monoisotopic (exact) mass is 301 g/mol. The first-order chi connectivity index (χ1) is 11.3. The maximum absolute atomic E-state index is 11.0. The molecule has 2 nitrogen and oxygen atoms in total. The van der Waals surface area contributed by atoms with Crippen molar-refractivity contribution in [3.05, 3.63) is 82.5 Å². The van der Waals surface area contributed by atoms with Gasteiger partial charge in [0.1, 0.15) is 0 Å². The topological polar surface area (TPSA) is 32.9 Å². The molecule has 0 atom stereocenters. The molecule has 0 radical (unpaired) electrons. The molecule has 0 aliphatic heterocycles. The summed E-state index contributed by atoms with van der Waals surface area (Å²) in [5, 5.41) is 0. The van der Waals surface area contributed by atoms with E-state index in [-0.39, 0.29) is 0 Å². The number of hydrogen-bond acceptors (Lipinski definition) is 1. The van der Waals surface area contributed by atoms with Crippen molar-refractivity contribution in [3.63, 3.8) is 0 Å². The average Bonchev–Trinajstić information content (AvgIpc) is 3.06. The summed E-state index contributed by atoms with van der Waals surface area (Å²) in [7, 11) is 0. The molecule has 0 unspecified atom stereocenters. The van der Waals surface area contributed by atoms with Crippen LogP contribution in [0.15, 0.2) is 54.6 Å². The van der Waals surface area contributed by atoms with E-state index in [9.17, 15) is 4.79 Å². The highest BCUT2D eigenvalue weighted by Gasteiger charge is 2.11. The Morgan fingerprint density at radius 2 is 1.39 bits per heavy atom. The van der Waals surface area contributed by atoms with Crippen molar-refractivity contribution in [1.82, 2.24) is 4.98 Å². The lowest BCUT2D eigenvalue weighted by Gasteiger charge is -2.14. The van der Waals surface area contributed by atoms with Crippen LogP contribution in [-0.2, 0) is 25.7 Å². The summed E-state index contributed by atoms with van der Waals surface area (Å²) >= 11 is 0. The molecule has 1 aromatic heterocycles. The summed E-state index contributed by atoms with van der Waals surface area (Å²) in [4.78, 5) is 14.2. The van der Waals surface area contributed by atoms with E-state index < -0.39 is 0 Å². The van der Waals surface area contributed by atoms with Crippen LogP contribution < -0.4 is 0 Å². The third-order valence-electron chi connectivity index (χ3n) is 4.71. The molecular formula is C21H19NO. The van der Waals surface area contributed by atoms with E-state index in [1.807, 2.05) is 12.1 Å². The third kappa shape index (κ3) is 2.85. The molecule has 0 saturated heterocycles. The van der Waals surface area contributed by atoms with E-state index in [0.29, 0.717) is 5.69 Å². The zero-order valence-corrected chi connectivity index (χ0v) is 13.0. The van der Waals surface area contributed by atoms with Crippen molar-refractivity contribution in [3.8, 4) is 11.3 Å². The largest absolute Gasteiger partial charge is 0.352 e. The number of aromatic nitrogens is 1. The summed E-state index contributed by atoms with van der Waals surface area (Å²) in [5.41, 5.74) is 8.34. The van der Waals surface area contributed by atoms with Gasteiger partial charge in [0.2, 0.25) is 0 Å². The summed E-state index contributed by atoms with van der Waals surface area (Å²) in [6.07, 6.45) is 5.00. The highest BCUT2D eigenvalue weighted by atomic mass is 16.1. The second kappa shape index (κ2) is 5.88. The van der Waals surface area contributed by atoms with Crippen LogP contribution in [0.5, 0.6) is 0 Å². The maximum Gasteiger partial charge on any atom is 0.166 e. The molecule has 0 fully saturated rings. The van der Waals surface area contributed by atoms with Crippen LogP contribution >= 0.6 is 0 Å². The van der Waals surface area contributed by atoms with Crippen LogP contribution in [0.4, 0.5) is 0 Å². The van der Waals surface area contributed by atoms with Crippen LogP contribution in [0.2, 0.25) is 0 Å². The second-order valence-corrected chi connectivity index (χ2v) is 6.25. The molecule has 2 aromatic carbocycles. The van der Waals surface area contributed by atoms with Crippen molar-refractivity contribution < 1.29 is 4.79 Å². The fourth-order valence-corrected chi connectivity index (χ4v) is 3.33. The predicted molar refractivity (Wildman–Crippen MR) is 92.9 cm³/mol. The van der Waals surface area contributed by atoms with Crippen LogP contribution in [0, 0.1) is 0 Å². The average molecular weight is 301 g/mol. The van der Waals surface area contributed by atoms with Gasteiger partial charge in [0.15, 0.2) is 6.29 Å². The lowest BCUT2D eigenvalue weighted by molar-refractivity contribution is 0.111. The SMILES string of the molecule is O=Cc1ccc(-c2cc3ccc2CCc2ccc(cc2)CC3)[nH]1. The van der Waals surface area contributed by atoms with Gasteiger partial charge in [-0.1, -0.05) is 36.4 Å². The molecule has 0 spiro atoms. The molecule has 23 heavy (non-hydrogen) atoms. The number of hydrogen-bond donors (Lipinski definition) is 1. The molecule has 0 amide bonds. The molecule has 4 aliphatic carbocycles. The molecule has 114 valence electrons. The number of aryl methyl sites for hydroxylation is 4. The highest BCUT2D eigenvalue weighted by molar-refractivity contribution is 5.76. The Labute approximate surface area is 136 Å². The van der Waals surface area contributed by atoms with Crippen LogP contribution in [0.1, 0.15) is 32.7 Å². The molecule has 2 heteroatoms. The summed E-state index contributed by atoms with van der Waals surface area (Å²) < 4.78 is 0. The van der Waals surface area contributed by atoms with Gasteiger partial charge in [0.25, 0.3) is 0 Å². The van der Waals surface area contributed by atoms with Gasteiger partial charge in [-0.2, -0.15) is 0 Å². The molecule has 0 saturated carbocycles. The highest BCUT2D eigenvalue weighted by Crippen LogP contribution is 2.27. The minimum Gasteiger partial charge on any atom is -0.352 e. The number of aldehydes is 1. The number of H-pyrrole nitrogens is 1. The Morgan fingerprint density at radius 1 is 0.739 bits per heavy atom. The predicted octanol–water partition coefficient (Wildman–Crippen LogP) is 4.38. The van der Waals surface area contributed by atoms with E-state index in [0.717, 1.165) is 37.7 Å². The molecule has 4 aliphatic rings. The minimum absolute atomic E-state index is 0.632. The van der Waals surface area contributed by atoms with Crippen molar-refractivity contribution in [2.45, 2.75) is 25.7 Å². The second-order valence-electron chi connectivity index (χ2n) is 6.25. The minimum atomic E-state index is 0.632. The number of carbonyl (C=O) groups excluding carboxylic acids is 1. The summed E-state index contributed by atoms with van der Waals surface area (Å²) in [5.74, 6) is 0. The van der Waals surface area contributed by atoms with Gasteiger partial charge in [-0.3, -0.25) is 4.79 Å². The van der Waals surface area contributed by atoms with E-state index >= 15 is 0 Å². The third-order valence-corrected chi connectivity index (χ3v) is 4.71. The number of nitrogens with one attached hydrogen (secondary N) is 1. The van der Waals surface area contributed by atoms with Crippen molar-refractivity contribution in [2.75, 3.05) is 0 Å². The molecule has 1 N–H and O–H groups in total. The lowest BCUT2D eigenvalue weighted by Crippen LogP contribution is -2.00. The van der Waals surface area contributed by atoms with Gasteiger partial charge >= 0.3 is 0 Å². The van der Waals surface area contributed by atoms with Crippen molar-refractivity contribution >= 4 is 6.29 Å². The first kappa shape index (κ1) is 14.0. The Bertz CT molecular complexity index is 843. The summed E-state index contributed by atoms with van der Waals surface area (Å²) in [6, 6.07) is 19.6. The van der Waals surface area contributed by atoms with Gasteiger partial charge in [0.05, 0.1) is 5.69 Å². The molecular weight excluding hydrogens is 282 g/mol. The van der Waals surface area contributed by atoms with Gasteiger partial charge in [-0.05, 0) is 66.1 Å². The molecule has 1 heterocycles. The normalized spacial score (nSPS) is 13.6. The Balaban J connectivity index is 1.77. The van der Waals surface area contributed by atoms with Gasteiger partial charge in [-0.25, -0.2) is 0 Å². The van der Waals surface area contributed by atoms with E-state index in [1.165, 1.54) is 27.8 Å². The Kier molecular flexibility index (Phi) is 3.58. The standard InChI is InChI=1S/C21H19NO/c23-14-19-11-12-21(22-19)20-13-17-6-5-15-1-3-16(4-2-15)7-9-18(20)10-8-17/h1-4,8,10-14,22H,5-7,9H2. The summed E-state index contributed by atoms with van der Waals surface area (Å²) in [6.45, 7) is 0. The number of benzene rings is 2. The van der Waals surface area contributed by atoms with Crippen LogP contribution in [0.3, 0.4) is 0 Å². The fraction of sp³-hybridized carbons (Fsp3) is 0.190. The molecule has 4 bridgehead atoms. The fourth-order valence-electron chi connectivity index (χ4n) is 3.33. The van der Waals surface area contributed by atoms with Gasteiger partial charge in [-0.15, -0.1) is 0 Å². The molecule has 7 rings (SSSR count). The zero-order valence-electron chi connectivity index (χ0n) is 13.0. The van der Waals surface area contributed by atoms with Crippen LogP contribution in [0.25, 0.3) is 11.3 Å². The molecule has 3 aromatic rings. The van der Waals surface area contributed by atoms with E-state index in [1.54, 1.807) is 0 Å². The van der Waals surface area contributed by atoms with Crippen molar-refractivity contribution in [1.29, 1.82) is 0 Å². The Hall–Kier alpha value is -2.61. The van der Waals surface area contributed by atoms with E-state index in [2.05, 4.69) is 47.4 Å².